The molecule has 0 atom stereocenters. The van der Waals surface area contributed by atoms with E-state index in [9.17, 15) is 5.11 Å². The highest BCUT2D eigenvalue weighted by atomic mass is 16.3. The zero-order valence-corrected chi connectivity index (χ0v) is 25.1. The van der Waals surface area contributed by atoms with Crippen LogP contribution in [0.1, 0.15) is 55.5 Å². The summed E-state index contributed by atoms with van der Waals surface area (Å²) in [6, 6.07) is 44.5. The number of hydrogen-bond acceptors (Lipinski definition) is 2. The van der Waals surface area contributed by atoms with Gasteiger partial charge in [0.2, 0.25) is 0 Å². The van der Waals surface area contributed by atoms with Crippen LogP contribution in [0.25, 0.3) is 33.0 Å². The third-order valence-corrected chi connectivity index (χ3v) is 10.00. The van der Waals surface area contributed by atoms with E-state index in [1.165, 1.54) is 61.0 Å². The van der Waals surface area contributed by atoms with Gasteiger partial charge in [-0.1, -0.05) is 119 Å². The summed E-state index contributed by atoms with van der Waals surface area (Å²) < 4.78 is 0. The molecule has 1 N–H and O–H groups in total. The van der Waals surface area contributed by atoms with Gasteiger partial charge in [-0.25, -0.2) is 0 Å². The highest BCUT2D eigenvalue weighted by Crippen LogP contribution is 2.53. The van der Waals surface area contributed by atoms with Crippen molar-refractivity contribution in [1.29, 1.82) is 0 Å². The summed E-state index contributed by atoms with van der Waals surface area (Å²) in [5.41, 5.74) is 14.7. The van der Waals surface area contributed by atoms with Crippen molar-refractivity contribution in [1.82, 2.24) is 0 Å². The van der Waals surface area contributed by atoms with Crippen molar-refractivity contribution in [2.45, 2.75) is 45.1 Å². The van der Waals surface area contributed by atoms with E-state index in [0.29, 0.717) is 0 Å². The van der Waals surface area contributed by atoms with Gasteiger partial charge in [0.25, 0.3) is 0 Å². The molecular weight excluding hydrogens is 522 g/mol. The maximum atomic E-state index is 9.87. The van der Waals surface area contributed by atoms with Crippen LogP contribution in [-0.2, 0) is 17.4 Å². The van der Waals surface area contributed by atoms with Crippen molar-refractivity contribution in [3.63, 3.8) is 0 Å². The molecule has 0 heterocycles. The molecule has 2 heteroatoms. The lowest BCUT2D eigenvalue weighted by atomic mass is 9.81. The highest BCUT2D eigenvalue weighted by Gasteiger charge is 2.38. The van der Waals surface area contributed by atoms with Gasteiger partial charge in [-0.2, -0.15) is 0 Å². The first-order valence-corrected chi connectivity index (χ1v) is 15.2. The summed E-state index contributed by atoms with van der Waals surface area (Å²) in [4.78, 5) is 2.44. The maximum absolute atomic E-state index is 9.87. The van der Waals surface area contributed by atoms with Gasteiger partial charge in [0.05, 0.1) is 12.3 Å². The molecule has 0 saturated heterocycles. The second-order valence-corrected chi connectivity index (χ2v) is 13.1. The largest absolute Gasteiger partial charge is 0.392 e. The number of aliphatic hydroxyl groups is 1. The lowest BCUT2D eigenvalue weighted by Gasteiger charge is -2.30. The Morgan fingerprint density at radius 1 is 0.512 bits per heavy atom. The zero-order chi connectivity index (χ0) is 29.5. The number of hydrogen-bond donors (Lipinski definition) is 1. The van der Waals surface area contributed by atoms with Gasteiger partial charge >= 0.3 is 0 Å². The normalized spacial score (nSPS) is 15.1. The number of benzene rings is 6. The van der Waals surface area contributed by atoms with E-state index in [1.54, 1.807) is 0 Å². The second kappa shape index (κ2) is 9.17. The van der Waals surface area contributed by atoms with E-state index in [0.717, 1.165) is 16.9 Å². The van der Waals surface area contributed by atoms with E-state index in [-0.39, 0.29) is 17.4 Å². The molecule has 0 bridgehead atoms. The van der Waals surface area contributed by atoms with Crippen LogP contribution < -0.4 is 4.90 Å². The van der Waals surface area contributed by atoms with Crippen LogP contribution in [0, 0.1) is 0 Å². The van der Waals surface area contributed by atoms with E-state index in [1.807, 2.05) is 6.07 Å². The fourth-order valence-electron chi connectivity index (χ4n) is 7.67. The summed E-state index contributed by atoms with van der Waals surface area (Å²) in [7, 11) is 0. The maximum Gasteiger partial charge on any atom is 0.0681 e. The number of rotatable bonds is 4. The average Bonchev–Trinajstić information content (AvgIpc) is 3.40. The smallest absolute Gasteiger partial charge is 0.0681 e. The molecule has 0 unspecified atom stereocenters. The quantitative estimate of drug-likeness (QED) is 0.233. The summed E-state index contributed by atoms with van der Waals surface area (Å²) in [5, 5.41) is 12.3. The van der Waals surface area contributed by atoms with Crippen LogP contribution in [0.4, 0.5) is 17.1 Å². The molecule has 43 heavy (non-hydrogen) atoms. The minimum atomic E-state index is -0.183. The molecule has 210 valence electrons. The first kappa shape index (κ1) is 26.0. The summed E-state index contributed by atoms with van der Waals surface area (Å²) >= 11 is 0. The number of fused-ring (bicyclic) bond motifs is 7. The summed E-state index contributed by atoms with van der Waals surface area (Å²) in [5.74, 6) is 0. The Balaban J connectivity index is 1.35. The Labute approximate surface area is 253 Å². The van der Waals surface area contributed by atoms with Crippen molar-refractivity contribution in [2.75, 3.05) is 4.90 Å². The fraction of sp³-hybridized carbons (Fsp3) is 0.171. The lowest BCUT2D eigenvalue weighted by molar-refractivity contribution is 0.281. The minimum absolute atomic E-state index is 0.0539. The molecule has 0 radical (unpaired) electrons. The van der Waals surface area contributed by atoms with E-state index in [2.05, 4.69) is 148 Å². The minimum Gasteiger partial charge on any atom is -0.392 e. The average molecular weight is 558 g/mol. The monoisotopic (exact) mass is 557 g/mol. The van der Waals surface area contributed by atoms with Gasteiger partial charge in [-0.15, -0.1) is 0 Å². The Bertz CT molecular complexity index is 2080. The predicted octanol–water partition coefficient (Wildman–Crippen LogP) is 10.4. The Morgan fingerprint density at radius 3 is 1.74 bits per heavy atom. The first-order valence-electron chi connectivity index (χ1n) is 15.2. The molecule has 6 aromatic rings. The fourth-order valence-corrected chi connectivity index (χ4v) is 7.67. The second-order valence-electron chi connectivity index (χ2n) is 13.1. The molecule has 6 aromatic carbocycles. The van der Waals surface area contributed by atoms with Gasteiger partial charge in [0.15, 0.2) is 0 Å². The van der Waals surface area contributed by atoms with E-state index in [4.69, 9.17) is 0 Å². The SMILES string of the molecule is CC1(C)c2ccccc2-c2ccc(N(c3ccc4c(c3)C(C)(C)c3cc(CO)ccc3-4)c3cccc4ccccc34)cc21. The van der Waals surface area contributed by atoms with Gasteiger partial charge in [-0.3, -0.25) is 0 Å². The molecule has 0 aliphatic heterocycles. The van der Waals surface area contributed by atoms with Crippen LogP contribution in [0.2, 0.25) is 0 Å². The summed E-state index contributed by atoms with van der Waals surface area (Å²) in [6.07, 6.45) is 0. The lowest BCUT2D eigenvalue weighted by Crippen LogP contribution is -2.18. The zero-order valence-electron chi connectivity index (χ0n) is 25.1. The number of nitrogens with zero attached hydrogens (tertiary/aromatic N) is 1. The number of aliphatic hydroxyl groups excluding tert-OH is 1. The van der Waals surface area contributed by atoms with Gasteiger partial charge < -0.3 is 10.0 Å². The molecule has 2 aliphatic carbocycles. The molecule has 0 fully saturated rings. The predicted molar refractivity (Wildman–Crippen MR) is 180 cm³/mol. The van der Waals surface area contributed by atoms with Gasteiger partial charge in [0, 0.05) is 27.6 Å². The third kappa shape index (κ3) is 3.70. The van der Waals surface area contributed by atoms with Crippen LogP contribution in [0.3, 0.4) is 0 Å². The van der Waals surface area contributed by atoms with Crippen LogP contribution >= 0.6 is 0 Å². The first-order chi connectivity index (χ1) is 20.8. The molecule has 0 spiro atoms. The van der Waals surface area contributed by atoms with E-state index < -0.39 is 0 Å². The van der Waals surface area contributed by atoms with Gasteiger partial charge in [-0.05, 0) is 85.8 Å². The summed E-state index contributed by atoms with van der Waals surface area (Å²) in [6.45, 7) is 9.36. The van der Waals surface area contributed by atoms with E-state index >= 15 is 0 Å². The Kier molecular flexibility index (Phi) is 5.54. The molecular formula is C41H35NO. The molecule has 8 rings (SSSR count). The third-order valence-electron chi connectivity index (χ3n) is 10.00. The molecule has 2 nitrogen and oxygen atoms in total. The van der Waals surface area contributed by atoms with Crippen LogP contribution in [0.5, 0.6) is 0 Å². The standard InChI is InChI=1S/C41H35NO/c1-40(2)35-14-8-7-13-31(35)33-20-17-28(23-37(33)40)42(39-15-9-11-27-10-5-6-12-30(27)39)29-18-21-34-32-19-16-26(25-43)22-36(32)41(3,4)38(34)24-29/h5-24,43H,25H2,1-4H3. The topological polar surface area (TPSA) is 23.5 Å². The number of anilines is 3. The highest BCUT2D eigenvalue weighted by molar-refractivity contribution is 6.00. The van der Waals surface area contributed by atoms with Crippen LogP contribution in [0.15, 0.2) is 121 Å². The van der Waals surface area contributed by atoms with Crippen molar-refractivity contribution >= 4 is 27.8 Å². The van der Waals surface area contributed by atoms with Crippen molar-refractivity contribution in [2.24, 2.45) is 0 Å². The Morgan fingerprint density at radius 2 is 1.05 bits per heavy atom. The van der Waals surface area contributed by atoms with Crippen molar-refractivity contribution in [3.8, 4) is 22.3 Å². The van der Waals surface area contributed by atoms with Crippen molar-refractivity contribution < 1.29 is 5.11 Å². The van der Waals surface area contributed by atoms with Crippen LogP contribution in [-0.4, -0.2) is 5.11 Å². The molecule has 0 aromatic heterocycles. The molecule has 0 amide bonds. The Hall–Kier alpha value is -4.66. The molecule has 2 aliphatic rings. The van der Waals surface area contributed by atoms with Crippen molar-refractivity contribution in [3.05, 3.63) is 149 Å². The van der Waals surface area contributed by atoms with Gasteiger partial charge in [0.1, 0.15) is 0 Å². The molecule has 0 saturated carbocycles.